The molecule has 4 heterocycles. The summed E-state index contributed by atoms with van der Waals surface area (Å²) in [6.07, 6.45) is 5.15. The quantitative estimate of drug-likeness (QED) is 0.439. The van der Waals surface area contributed by atoms with Gasteiger partial charge in [-0.25, -0.2) is 9.97 Å². The van der Waals surface area contributed by atoms with E-state index < -0.39 is 0 Å². The summed E-state index contributed by atoms with van der Waals surface area (Å²) >= 11 is 0. The lowest BCUT2D eigenvalue weighted by atomic mass is 10.00. The van der Waals surface area contributed by atoms with E-state index in [9.17, 15) is 4.79 Å². The number of carbonyl (C=O) groups excluding carboxylic acids is 1. The number of ether oxygens (including phenoxy) is 1. The van der Waals surface area contributed by atoms with Crippen molar-refractivity contribution in [3.8, 4) is 34.0 Å². The van der Waals surface area contributed by atoms with Crippen molar-refractivity contribution in [3.05, 3.63) is 78.6 Å². The normalized spacial score (nSPS) is 13.9. The Bertz CT molecular complexity index is 1310. The molecule has 0 aliphatic carbocycles. The van der Waals surface area contributed by atoms with Crippen LogP contribution in [0.3, 0.4) is 0 Å². The van der Waals surface area contributed by atoms with Gasteiger partial charge in [-0.1, -0.05) is 24.3 Å². The maximum absolute atomic E-state index is 12.7. The number of nitrogens with zero attached hydrogens (tertiary/aromatic N) is 4. The Morgan fingerprint density at radius 1 is 0.914 bits per heavy atom. The minimum atomic E-state index is -0.0654. The summed E-state index contributed by atoms with van der Waals surface area (Å²) in [6, 6.07) is 19.1. The molecule has 0 atom stereocenters. The second-order valence-corrected chi connectivity index (χ2v) is 8.26. The Morgan fingerprint density at radius 2 is 1.71 bits per heavy atom. The van der Waals surface area contributed by atoms with E-state index in [-0.39, 0.29) is 11.9 Å². The van der Waals surface area contributed by atoms with Crippen LogP contribution in [0.25, 0.3) is 34.0 Å². The van der Waals surface area contributed by atoms with Gasteiger partial charge in [0, 0.05) is 55.9 Å². The number of carbonyl (C=O) groups is 1. The van der Waals surface area contributed by atoms with E-state index in [0.717, 1.165) is 29.7 Å². The molecule has 3 aromatic heterocycles. The minimum absolute atomic E-state index is 0.0654. The molecule has 8 heteroatoms. The number of benzene rings is 1. The number of hydrogen-bond acceptors (Lipinski definition) is 7. The first-order valence-electron chi connectivity index (χ1n) is 11.6. The molecule has 1 aromatic carbocycles. The van der Waals surface area contributed by atoms with Crippen LogP contribution in [0, 0.1) is 0 Å². The largest absolute Gasteiger partial charge is 0.381 e. The molecule has 1 saturated heterocycles. The molecule has 176 valence electrons. The number of nitrogens with one attached hydrogen (secondary N) is 2. The van der Waals surface area contributed by atoms with Crippen LogP contribution in [0.5, 0.6) is 0 Å². The predicted octanol–water partition coefficient (Wildman–Crippen LogP) is 4.22. The van der Waals surface area contributed by atoms with E-state index >= 15 is 0 Å². The zero-order valence-electron chi connectivity index (χ0n) is 19.4. The van der Waals surface area contributed by atoms with Gasteiger partial charge >= 0.3 is 0 Å². The molecule has 0 spiro atoms. The predicted molar refractivity (Wildman–Crippen MR) is 135 cm³/mol. The minimum Gasteiger partial charge on any atom is -0.381 e. The SMILES string of the molecule is CNc1cc(-c2ncccc2-c2ccc(C(=O)NC3CCOCC3)cc2)nc(-c2ccccn2)n1. The molecule has 1 fully saturated rings. The van der Waals surface area contributed by atoms with Gasteiger partial charge in [0.05, 0.1) is 11.4 Å². The first kappa shape index (κ1) is 22.6. The van der Waals surface area contributed by atoms with Gasteiger partial charge in [0.15, 0.2) is 5.82 Å². The van der Waals surface area contributed by atoms with Crippen molar-refractivity contribution in [1.82, 2.24) is 25.3 Å². The molecule has 35 heavy (non-hydrogen) atoms. The third kappa shape index (κ3) is 5.17. The van der Waals surface area contributed by atoms with Gasteiger partial charge in [0.2, 0.25) is 0 Å². The number of amides is 1. The number of aromatic nitrogens is 4. The first-order chi connectivity index (χ1) is 17.2. The molecule has 1 amide bonds. The van der Waals surface area contributed by atoms with Crippen LogP contribution in [0.4, 0.5) is 5.82 Å². The zero-order valence-corrected chi connectivity index (χ0v) is 19.4. The van der Waals surface area contributed by atoms with Crippen LogP contribution >= 0.6 is 0 Å². The van der Waals surface area contributed by atoms with Crippen molar-refractivity contribution in [2.75, 3.05) is 25.6 Å². The van der Waals surface area contributed by atoms with Gasteiger partial charge < -0.3 is 15.4 Å². The Balaban J connectivity index is 1.45. The summed E-state index contributed by atoms with van der Waals surface area (Å²) in [7, 11) is 1.82. The highest BCUT2D eigenvalue weighted by atomic mass is 16.5. The summed E-state index contributed by atoms with van der Waals surface area (Å²) in [4.78, 5) is 31.1. The second-order valence-electron chi connectivity index (χ2n) is 8.26. The van der Waals surface area contributed by atoms with Crippen LogP contribution in [0.15, 0.2) is 73.1 Å². The molecule has 1 aliphatic heterocycles. The Labute approximate surface area is 203 Å². The molecule has 1 aliphatic rings. The third-order valence-corrected chi connectivity index (χ3v) is 5.94. The molecular formula is C27H26N6O2. The number of rotatable bonds is 6. The number of pyridine rings is 2. The topological polar surface area (TPSA) is 102 Å². The second kappa shape index (κ2) is 10.4. The highest BCUT2D eigenvalue weighted by Gasteiger charge is 2.18. The Morgan fingerprint density at radius 3 is 2.46 bits per heavy atom. The zero-order chi connectivity index (χ0) is 24.0. The lowest BCUT2D eigenvalue weighted by Gasteiger charge is -2.23. The molecule has 0 unspecified atom stereocenters. The van der Waals surface area contributed by atoms with Gasteiger partial charge in [-0.3, -0.25) is 14.8 Å². The van der Waals surface area contributed by atoms with Crippen LogP contribution in [-0.2, 0) is 4.74 Å². The molecule has 0 radical (unpaired) electrons. The van der Waals surface area contributed by atoms with Gasteiger partial charge in [-0.15, -0.1) is 0 Å². The van der Waals surface area contributed by atoms with E-state index in [4.69, 9.17) is 9.72 Å². The standard InChI is InChI=1S/C27H26N6O2/c1-28-24-17-23(32-26(33-24)22-6-2-3-13-29-22)25-21(5-4-14-30-25)18-7-9-19(10-8-18)27(34)31-20-11-15-35-16-12-20/h2-10,13-14,17,20H,11-12,15-16H2,1H3,(H,31,34)(H,28,32,33). The molecule has 2 N–H and O–H groups in total. The van der Waals surface area contributed by atoms with Crippen LogP contribution < -0.4 is 10.6 Å². The van der Waals surface area contributed by atoms with E-state index in [2.05, 4.69) is 25.6 Å². The maximum Gasteiger partial charge on any atom is 0.251 e. The van der Waals surface area contributed by atoms with E-state index in [0.29, 0.717) is 41.8 Å². The highest BCUT2D eigenvalue weighted by molar-refractivity contribution is 5.95. The third-order valence-electron chi connectivity index (χ3n) is 5.94. The van der Waals surface area contributed by atoms with Crippen molar-refractivity contribution in [2.45, 2.75) is 18.9 Å². The molecule has 0 saturated carbocycles. The molecule has 5 rings (SSSR count). The summed E-state index contributed by atoms with van der Waals surface area (Å²) < 4.78 is 5.37. The van der Waals surface area contributed by atoms with Crippen molar-refractivity contribution in [1.29, 1.82) is 0 Å². The smallest absolute Gasteiger partial charge is 0.251 e. The van der Waals surface area contributed by atoms with Crippen LogP contribution in [0.2, 0.25) is 0 Å². The molecule has 8 nitrogen and oxygen atoms in total. The summed E-state index contributed by atoms with van der Waals surface area (Å²) in [5.74, 6) is 1.13. The first-order valence-corrected chi connectivity index (χ1v) is 11.6. The highest BCUT2D eigenvalue weighted by Crippen LogP contribution is 2.31. The maximum atomic E-state index is 12.7. The Kier molecular flexibility index (Phi) is 6.72. The lowest BCUT2D eigenvalue weighted by molar-refractivity contribution is 0.0696. The van der Waals surface area contributed by atoms with E-state index in [1.54, 1.807) is 12.4 Å². The molecule has 0 bridgehead atoms. The Hall–Kier alpha value is -4.17. The molecular weight excluding hydrogens is 440 g/mol. The summed E-state index contributed by atoms with van der Waals surface area (Å²) in [5.41, 5.74) is 4.58. The van der Waals surface area contributed by atoms with Crippen molar-refractivity contribution in [2.24, 2.45) is 0 Å². The average molecular weight is 467 g/mol. The fraction of sp³-hybridized carbons (Fsp3) is 0.222. The van der Waals surface area contributed by atoms with E-state index in [1.807, 2.05) is 67.7 Å². The van der Waals surface area contributed by atoms with Crippen LogP contribution in [-0.4, -0.2) is 52.1 Å². The van der Waals surface area contributed by atoms with Gasteiger partial charge in [0.1, 0.15) is 11.5 Å². The van der Waals surface area contributed by atoms with Crippen molar-refractivity contribution < 1.29 is 9.53 Å². The fourth-order valence-corrected chi connectivity index (χ4v) is 4.06. The molecule has 4 aromatic rings. The summed E-state index contributed by atoms with van der Waals surface area (Å²) in [5, 5.41) is 6.21. The van der Waals surface area contributed by atoms with Crippen molar-refractivity contribution >= 4 is 11.7 Å². The van der Waals surface area contributed by atoms with E-state index in [1.165, 1.54) is 0 Å². The monoisotopic (exact) mass is 466 g/mol. The van der Waals surface area contributed by atoms with Gasteiger partial charge in [-0.2, -0.15) is 0 Å². The number of anilines is 1. The van der Waals surface area contributed by atoms with Crippen LogP contribution in [0.1, 0.15) is 23.2 Å². The average Bonchev–Trinajstić information content (AvgIpc) is 2.94. The summed E-state index contributed by atoms with van der Waals surface area (Å²) in [6.45, 7) is 1.38. The van der Waals surface area contributed by atoms with Gasteiger partial charge in [-0.05, 0) is 48.7 Å². The van der Waals surface area contributed by atoms with Gasteiger partial charge in [0.25, 0.3) is 5.91 Å². The number of hydrogen-bond donors (Lipinski definition) is 2. The lowest BCUT2D eigenvalue weighted by Crippen LogP contribution is -2.38. The van der Waals surface area contributed by atoms with Crippen molar-refractivity contribution in [3.63, 3.8) is 0 Å². The fourth-order valence-electron chi connectivity index (χ4n) is 4.06.